The van der Waals surface area contributed by atoms with E-state index in [1.807, 2.05) is 6.07 Å². The van der Waals surface area contributed by atoms with Crippen molar-refractivity contribution in [1.29, 1.82) is 5.26 Å². The summed E-state index contributed by atoms with van der Waals surface area (Å²) < 4.78 is 46.1. The maximum atomic E-state index is 13.5. The molecule has 2 aromatic rings. The molecule has 6 nitrogen and oxygen atoms in total. The van der Waals surface area contributed by atoms with Gasteiger partial charge in [0.25, 0.3) is 0 Å². The number of nitriles is 1. The summed E-state index contributed by atoms with van der Waals surface area (Å²) >= 11 is 0. The van der Waals surface area contributed by atoms with Crippen LogP contribution in [0.3, 0.4) is 0 Å². The zero-order valence-electron chi connectivity index (χ0n) is 14.7. The summed E-state index contributed by atoms with van der Waals surface area (Å²) in [6.45, 7) is 2.72. The van der Waals surface area contributed by atoms with Crippen molar-refractivity contribution in [2.24, 2.45) is 10.9 Å². The minimum atomic E-state index is -5.03. The second-order valence-corrected chi connectivity index (χ2v) is 6.35. The minimum Gasteiger partial charge on any atom is -0.478 e. The molecule has 0 spiro atoms. The van der Waals surface area contributed by atoms with Gasteiger partial charge >= 0.3 is 12.1 Å². The summed E-state index contributed by atoms with van der Waals surface area (Å²) in [6.07, 6.45) is -5.03. The number of carbonyl (C=O) groups is 1. The van der Waals surface area contributed by atoms with Crippen LogP contribution in [-0.4, -0.2) is 23.0 Å². The normalized spacial score (nSPS) is 20.1. The Morgan fingerprint density at radius 1 is 1.32 bits per heavy atom. The Morgan fingerprint density at radius 3 is 2.57 bits per heavy atom. The number of benzene rings is 1. The average Bonchev–Trinajstić information content (AvgIpc) is 2.59. The highest BCUT2D eigenvalue weighted by atomic mass is 19.4. The van der Waals surface area contributed by atoms with Crippen LogP contribution in [0.1, 0.15) is 24.2 Å². The molecule has 0 saturated carbocycles. The molecule has 0 fully saturated rings. The topological polar surface area (TPSA) is 104 Å². The van der Waals surface area contributed by atoms with Crippen molar-refractivity contribution in [3.8, 4) is 6.07 Å². The molecule has 1 aliphatic rings. The quantitative estimate of drug-likeness (QED) is 0.842. The van der Waals surface area contributed by atoms with Crippen molar-refractivity contribution >= 4 is 22.7 Å². The van der Waals surface area contributed by atoms with Crippen LogP contribution in [-0.2, 0) is 4.79 Å². The van der Waals surface area contributed by atoms with Crippen LogP contribution in [0.2, 0.25) is 0 Å². The number of para-hydroxylation sites is 1. The van der Waals surface area contributed by atoms with Gasteiger partial charge in [0.2, 0.25) is 0 Å². The van der Waals surface area contributed by atoms with Crippen LogP contribution in [0.25, 0.3) is 11.0 Å². The van der Waals surface area contributed by atoms with Gasteiger partial charge in [-0.15, -0.1) is 0 Å². The lowest BCUT2D eigenvalue weighted by molar-refractivity contribution is -0.134. The molecule has 1 aromatic carbocycles. The summed E-state index contributed by atoms with van der Waals surface area (Å²) in [4.78, 5) is 27.4. The van der Waals surface area contributed by atoms with E-state index in [-0.39, 0.29) is 28.0 Å². The number of nitrogens with zero attached hydrogens (tertiary/aromatic N) is 2. The predicted octanol–water partition coefficient (Wildman–Crippen LogP) is 3.70. The molecule has 0 amide bonds. The van der Waals surface area contributed by atoms with Gasteiger partial charge in [0.1, 0.15) is 11.3 Å². The maximum absolute atomic E-state index is 13.5. The number of allylic oxidation sites excluding steroid dienone is 1. The highest BCUT2D eigenvalue weighted by molar-refractivity contribution is 5.99. The minimum absolute atomic E-state index is 0.0123. The maximum Gasteiger partial charge on any atom is 0.433 e. The first-order valence-corrected chi connectivity index (χ1v) is 8.09. The Bertz CT molecular complexity index is 1150. The van der Waals surface area contributed by atoms with E-state index in [0.717, 1.165) is 0 Å². The first kappa shape index (κ1) is 19.4. The van der Waals surface area contributed by atoms with Crippen LogP contribution >= 0.6 is 0 Å². The second kappa shape index (κ2) is 6.64. The Kier molecular flexibility index (Phi) is 4.59. The summed E-state index contributed by atoms with van der Waals surface area (Å²) in [7, 11) is 0. The molecule has 1 aromatic heterocycles. The van der Waals surface area contributed by atoms with Gasteiger partial charge in [-0.1, -0.05) is 12.1 Å². The van der Waals surface area contributed by atoms with Crippen LogP contribution in [0.15, 0.2) is 49.7 Å². The molecule has 0 bridgehead atoms. The van der Waals surface area contributed by atoms with Crippen molar-refractivity contribution in [3.05, 3.63) is 57.1 Å². The number of carboxylic acid groups (broad SMARTS) is 1. The lowest BCUT2D eigenvalue weighted by Gasteiger charge is -2.29. The highest BCUT2D eigenvalue weighted by Crippen LogP contribution is 2.45. The predicted molar refractivity (Wildman–Crippen MR) is 92.9 cm³/mol. The van der Waals surface area contributed by atoms with Crippen molar-refractivity contribution in [1.82, 2.24) is 0 Å². The molecule has 0 saturated heterocycles. The SMILES string of the molecule is CC1=NC(C(F)(F)F)=C(C(=O)O)C(c2cccc3c(=O)cc(C)oc23)C1C#N. The third-order valence-electron chi connectivity index (χ3n) is 4.52. The molecule has 2 unspecified atom stereocenters. The van der Waals surface area contributed by atoms with Crippen molar-refractivity contribution in [3.63, 3.8) is 0 Å². The van der Waals surface area contributed by atoms with E-state index in [4.69, 9.17) is 4.42 Å². The van der Waals surface area contributed by atoms with E-state index in [9.17, 15) is 33.1 Å². The van der Waals surface area contributed by atoms with E-state index in [1.54, 1.807) is 0 Å². The summed E-state index contributed by atoms with van der Waals surface area (Å²) in [5, 5.41) is 19.2. The van der Waals surface area contributed by atoms with Crippen LogP contribution in [0.5, 0.6) is 0 Å². The van der Waals surface area contributed by atoms with Gasteiger partial charge in [-0.25, -0.2) is 4.79 Å². The van der Waals surface area contributed by atoms with Gasteiger partial charge < -0.3 is 9.52 Å². The van der Waals surface area contributed by atoms with Crippen LogP contribution in [0.4, 0.5) is 13.2 Å². The number of carboxylic acids is 1. The van der Waals surface area contributed by atoms with Gasteiger partial charge in [-0.2, -0.15) is 18.4 Å². The molecule has 1 aliphatic heterocycles. The monoisotopic (exact) mass is 390 g/mol. The molecular formula is C19H13F3N2O4. The fourth-order valence-corrected chi connectivity index (χ4v) is 3.38. The molecule has 0 aliphatic carbocycles. The van der Waals surface area contributed by atoms with Gasteiger partial charge in [0.05, 0.1) is 22.9 Å². The van der Waals surface area contributed by atoms with E-state index in [2.05, 4.69) is 4.99 Å². The van der Waals surface area contributed by atoms with Crippen molar-refractivity contribution in [2.45, 2.75) is 25.9 Å². The molecule has 144 valence electrons. The molecule has 3 rings (SSSR count). The van der Waals surface area contributed by atoms with Gasteiger partial charge in [0.15, 0.2) is 11.1 Å². The lowest BCUT2D eigenvalue weighted by Crippen LogP contribution is -2.32. The fraction of sp³-hybridized carbons (Fsp3) is 0.263. The molecule has 28 heavy (non-hydrogen) atoms. The Morgan fingerprint density at radius 2 is 2.00 bits per heavy atom. The number of aryl methyl sites for hydroxylation is 1. The number of rotatable bonds is 2. The van der Waals surface area contributed by atoms with Crippen LogP contribution < -0.4 is 5.43 Å². The number of aliphatic imine (C=N–C) groups is 1. The second-order valence-electron chi connectivity index (χ2n) is 6.35. The van der Waals surface area contributed by atoms with Crippen molar-refractivity contribution in [2.75, 3.05) is 0 Å². The highest BCUT2D eigenvalue weighted by Gasteiger charge is 2.47. The van der Waals surface area contributed by atoms with E-state index in [0.29, 0.717) is 0 Å². The van der Waals surface area contributed by atoms with E-state index in [1.165, 1.54) is 38.1 Å². The first-order chi connectivity index (χ1) is 13.1. The molecule has 2 atom stereocenters. The third kappa shape index (κ3) is 3.07. The number of hydrogen-bond donors (Lipinski definition) is 1. The zero-order chi connectivity index (χ0) is 20.8. The Hall–Kier alpha value is -3.41. The van der Waals surface area contributed by atoms with Gasteiger partial charge in [-0.05, 0) is 19.9 Å². The number of alkyl halides is 3. The molecule has 9 heteroatoms. The van der Waals surface area contributed by atoms with E-state index >= 15 is 0 Å². The van der Waals surface area contributed by atoms with E-state index < -0.39 is 40.7 Å². The smallest absolute Gasteiger partial charge is 0.433 e. The summed E-state index contributed by atoms with van der Waals surface area (Å²) in [5.74, 6) is -4.42. The lowest BCUT2D eigenvalue weighted by atomic mass is 9.75. The number of fused-ring (bicyclic) bond motifs is 1. The van der Waals surface area contributed by atoms with Gasteiger partial charge in [-0.3, -0.25) is 9.79 Å². The standard InChI is InChI=1S/C19H13F3N2O4/c1-8-6-13(25)10-4-3-5-11(16(10)28-8)14-12(7-23)9(2)24-17(19(20,21)22)15(14)18(26)27/h3-6,12,14H,1-2H3,(H,26,27). The number of hydrogen-bond acceptors (Lipinski definition) is 5. The summed E-state index contributed by atoms with van der Waals surface area (Å²) in [6, 6.07) is 7.24. The van der Waals surface area contributed by atoms with Crippen LogP contribution in [0, 0.1) is 24.2 Å². The molecule has 1 N–H and O–H groups in total. The van der Waals surface area contributed by atoms with Gasteiger partial charge in [0, 0.05) is 23.3 Å². The average molecular weight is 390 g/mol. The molecule has 2 heterocycles. The Balaban J connectivity index is 2.45. The number of aliphatic carboxylic acids is 1. The largest absolute Gasteiger partial charge is 0.478 e. The molecule has 0 radical (unpaired) electrons. The third-order valence-corrected chi connectivity index (χ3v) is 4.52. The summed E-state index contributed by atoms with van der Waals surface area (Å²) in [5.41, 5.74) is -3.25. The Labute approximate surface area is 156 Å². The van der Waals surface area contributed by atoms with Crippen molar-refractivity contribution < 1.29 is 27.5 Å². The fourth-order valence-electron chi connectivity index (χ4n) is 3.38. The molecular weight excluding hydrogens is 377 g/mol. The first-order valence-electron chi connectivity index (χ1n) is 8.09. The number of halogens is 3. The zero-order valence-corrected chi connectivity index (χ0v) is 14.7.